The van der Waals surface area contributed by atoms with Crippen molar-refractivity contribution in [1.82, 2.24) is 10.2 Å². The highest BCUT2D eigenvalue weighted by Gasteiger charge is 2.24. The Labute approximate surface area is 93.2 Å². The standard InChI is InChI=1S/C12H24N2O/c1-3-7-13-12(15)10-14(8-4-2)9-11-5-6-11/h11H,3-10H2,1-2H3,(H,13,15). The maximum Gasteiger partial charge on any atom is 0.234 e. The Morgan fingerprint density at radius 3 is 2.60 bits per heavy atom. The third-order valence-electron chi connectivity index (χ3n) is 2.69. The van der Waals surface area contributed by atoms with Crippen molar-refractivity contribution in [2.24, 2.45) is 5.92 Å². The summed E-state index contributed by atoms with van der Waals surface area (Å²) in [5.41, 5.74) is 0. The highest BCUT2D eigenvalue weighted by atomic mass is 16.2. The molecule has 1 amide bonds. The summed E-state index contributed by atoms with van der Waals surface area (Å²) in [7, 11) is 0. The zero-order valence-corrected chi connectivity index (χ0v) is 10.1. The minimum Gasteiger partial charge on any atom is -0.355 e. The number of nitrogens with one attached hydrogen (secondary N) is 1. The van der Waals surface area contributed by atoms with Gasteiger partial charge in [-0.25, -0.2) is 0 Å². The third-order valence-corrected chi connectivity index (χ3v) is 2.69. The first kappa shape index (κ1) is 12.5. The van der Waals surface area contributed by atoms with Gasteiger partial charge in [-0.1, -0.05) is 13.8 Å². The zero-order valence-electron chi connectivity index (χ0n) is 10.1. The van der Waals surface area contributed by atoms with Crippen LogP contribution in [0.3, 0.4) is 0 Å². The lowest BCUT2D eigenvalue weighted by Crippen LogP contribution is -2.38. The topological polar surface area (TPSA) is 32.3 Å². The first-order chi connectivity index (χ1) is 7.26. The molecule has 1 saturated carbocycles. The average molecular weight is 212 g/mol. The minimum atomic E-state index is 0.186. The van der Waals surface area contributed by atoms with Crippen molar-refractivity contribution in [1.29, 1.82) is 0 Å². The molecule has 0 spiro atoms. The van der Waals surface area contributed by atoms with Crippen molar-refractivity contribution in [2.75, 3.05) is 26.2 Å². The van der Waals surface area contributed by atoms with Crippen LogP contribution in [-0.2, 0) is 4.79 Å². The number of amides is 1. The van der Waals surface area contributed by atoms with Crippen LogP contribution < -0.4 is 5.32 Å². The van der Waals surface area contributed by atoms with Gasteiger partial charge in [-0.15, -0.1) is 0 Å². The van der Waals surface area contributed by atoms with E-state index in [4.69, 9.17) is 0 Å². The Morgan fingerprint density at radius 2 is 2.07 bits per heavy atom. The van der Waals surface area contributed by atoms with Crippen LogP contribution in [0.25, 0.3) is 0 Å². The number of hydrogen-bond donors (Lipinski definition) is 1. The monoisotopic (exact) mass is 212 g/mol. The number of hydrogen-bond acceptors (Lipinski definition) is 2. The van der Waals surface area contributed by atoms with Crippen LogP contribution in [0.1, 0.15) is 39.5 Å². The molecule has 0 aromatic heterocycles. The molecular weight excluding hydrogens is 188 g/mol. The summed E-state index contributed by atoms with van der Waals surface area (Å²) in [6, 6.07) is 0. The molecule has 0 aliphatic heterocycles. The van der Waals surface area contributed by atoms with E-state index in [1.807, 2.05) is 0 Å². The lowest BCUT2D eigenvalue weighted by atomic mass is 10.3. The van der Waals surface area contributed by atoms with Crippen molar-refractivity contribution in [2.45, 2.75) is 39.5 Å². The van der Waals surface area contributed by atoms with E-state index in [9.17, 15) is 4.79 Å². The second-order valence-corrected chi connectivity index (χ2v) is 4.53. The van der Waals surface area contributed by atoms with Crippen molar-refractivity contribution in [3.63, 3.8) is 0 Å². The zero-order chi connectivity index (χ0) is 11.1. The van der Waals surface area contributed by atoms with E-state index in [0.29, 0.717) is 6.54 Å². The molecule has 1 aliphatic carbocycles. The fraction of sp³-hybridized carbons (Fsp3) is 0.917. The van der Waals surface area contributed by atoms with Gasteiger partial charge in [0.25, 0.3) is 0 Å². The molecule has 0 aromatic carbocycles. The summed E-state index contributed by atoms with van der Waals surface area (Å²) in [4.78, 5) is 13.8. The molecule has 1 aliphatic rings. The van der Waals surface area contributed by atoms with Crippen molar-refractivity contribution < 1.29 is 4.79 Å². The average Bonchev–Trinajstić information content (AvgIpc) is 2.99. The van der Waals surface area contributed by atoms with Gasteiger partial charge in [0.05, 0.1) is 6.54 Å². The quantitative estimate of drug-likeness (QED) is 0.663. The fourth-order valence-corrected chi connectivity index (χ4v) is 1.74. The third kappa shape index (κ3) is 5.78. The van der Waals surface area contributed by atoms with Crippen LogP contribution in [0.4, 0.5) is 0 Å². The van der Waals surface area contributed by atoms with Gasteiger partial charge in [0.1, 0.15) is 0 Å². The van der Waals surface area contributed by atoms with Gasteiger partial charge >= 0.3 is 0 Å². The van der Waals surface area contributed by atoms with Crippen LogP contribution in [0.2, 0.25) is 0 Å². The summed E-state index contributed by atoms with van der Waals surface area (Å²) in [5, 5.41) is 2.93. The molecule has 88 valence electrons. The van der Waals surface area contributed by atoms with Gasteiger partial charge in [-0.05, 0) is 38.1 Å². The van der Waals surface area contributed by atoms with Crippen LogP contribution in [-0.4, -0.2) is 37.0 Å². The molecule has 0 unspecified atom stereocenters. The highest BCUT2D eigenvalue weighted by Crippen LogP contribution is 2.29. The second-order valence-electron chi connectivity index (χ2n) is 4.53. The lowest BCUT2D eigenvalue weighted by Gasteiger charge is -2.20. The van der Waals surface area contributed by atoms with E-state index >= 15 is 0 Å². The molecular formula is C12H24N2O. The van der Waals surface area contributed by atoms with Gasteiger partial charge in [0, 0.05) is 13.1 Å². The number of carbonyl (C=O) groups excluding carboxylic acids is 1. The normalized spacial score (nSPS) is 15.7. The molecule has 1 fully saturated rings. The molecule has 1 rings (SSSR count). The fourth-order valence-electron chi connectivity index (χ4n) is 1.74. The van der Waals surface area contributed by atoms with Crippen molar-refractivity contribution in [3.05, 3.63) is 0 Å². The molecule has 0 bridgehead atoms. The van der Waals surface area contributed by atoms with Crippen LogP contribution in [0, 0.1) is 5.92 Å². The van der Waals surface area contributed by atoms with Crippen LogP contribution in [0.5, 0.6) is 0 Å². The second kappa shape index (κ2) is 6.83. The molecule has 3 heteroatoms. The summed E-state index contributed by atoms with van der Waals surface area (Å²) in [5.74, 6) is 1.06. The number of carbonyl (C=O) groups is 1. The Kier molecular flexibility index (Phi) is 5.69. The summed E-state index contributed by atoms with van der Waals surface area (Å²) < 4.78 is 0. The van der Waals surface area contributed by atoms with Gasteiger partial charge < -0.3 is 5.32 Å². The first-order valence-corrected chi connectivity index (χ1v) is 6.25. The van der Waals surface area contributed by atoms with Crippen LogP contribution >= 0.6 is 0 Å². The van der Waals surface area contributed by atoms with E-state index < -0.39 is 0 Å². The summed E-state index contributed by atoms with van der Waals surface area (Å²) >= 11 is 0. The molecule has 0 heterocycles. The van der Waals surface area contributed by atoms with E-state index in [-0.39, 0.29) is 5.91 Å². The minimum absolute atomic E-state index is 0.186. The predicted octanol–water partition coefficient (Wildman–Crippen LogP) is 1.63. The van der Waals surface area contributed by atoms with Gasteiger partial charge in [-0.3, -0.25) is 9.69 Å². The van der Waals surface area contributed by atoms with Gasteiger partial charge in [-0.2, -0.15) is 0 Å². The Morgan fingerprint density at radius 1 is 1.33 bits per heavy atom. The molecule has 0 saturated heterocycles. The predicted molar refractivity (Wildman–Crippen MR) is 62.8 cm³/mol. The lowest BCUT2D eigenvalue weighted by molar-refractivity contribution is -0.122. The molecule has 1 N–H and O–H groups in total. The number of nitrogens with zero attached hydrogens (tertiary/aromatic N) is 1. The van der Waals surface area contributed by atoms with Crippen molar-refractivity contribution >= 4 is 5.91 Å². The summed E-state index contributed by atoms with van der Waals surface area (Å²) in [6.07, 6.45) is 4.86. The van der Waals surface area contributed by atoms with E-state index in [0.717, 1.165) is 38.4 Å². The van der Waals surface area contributed by atoms with Crippen LogP contribution in [0.15, 0.2) is 0 Å². The summed E-state index contributed by atoms with van der Waals surface area (Å²) in [6.45, 7) is 7.81. The van der Waals surface area contributed by atoms with Crippen molar-refractivity contribution in [3.8, 4) is 0 Å². The molecule has 15 heavy (non-hydrogen) atoms. The molecule has 0 radical (unpaired) electrons. The maximum absolute atomic E-state index is 11.5. The smallest absolute Gasteiger partial charge is 0.234 e. The molecule has 0 aromatic rings. The Hall–Kier alpha value is -0.570. The Bertz CT molecular complexity index is 190. The first-order valence-electron chi connectivity index (χ1n) is 6.25. The van der Waals surface area contributed by atoms with Gasteiger partial charge in [0.15, 0.2) is 0 Å². The van der Waals surface area contributed by atoms with E-state index in [1.165, 1.54) is 12.8 Å². The largest absolute Gasteiger partial charge is 0.355 e. The number of rotatable bonds is 8. The Balaban J connectivity index is 2.18. The maximum atomic E-state index is 11.5. The molecule has 3 nitrogen and oxygen atoms in total. The van der Waals surface area contributed by atoms with Gasteiger partial charge in [0.2, 0.25) is 5.91 Å². The van der Waals surface area contributed by atoms with E-state index in [1.54, 1.807) is 0 Å². The molecule has 0 atom stereocenters. The SMILES string of the molecule is CCCNC(=O)CN(CCC)CC1CC1. The highest BCUT2D eigenvalue weighted by molar-refractivity contribution is 5.77. The van der Waals surface area contributed by atoms with E-state index in [2.05, 4.69) is 24.1 Å².